The molecule has 4 heteroatoms. The summed E-state index contributed by atoms with van der Waals surface area (Å²) < 4.78 is 0. The number of phenols is 1. The van der Waals surface area contributed by atoms with Crippen LogP contribution < -0.4 is 11.1 Å². The van der Waals surface area contributed by atoms with Gasteiger partial charge in [-0.3, -0.25) is 4.98 Å². The largest absolute Gasteiger partial charge is 0.508 e. The van der Waals surface area contributed by atoms with Gasteiger partial charge in [-0.15, -0.1) is 0 Å². The molecule has 0 aliphatic heterocycles. The molecular weight excluding hydrogens is 226 g/mol. The second kappa shape index (κ2) is 4.96. The van der Waals surface area contributed by atoms with Gasteiger partial charge in [0.25, 0.3) is 0 Å². The average molecular weight is 243 g/mol. The summed E-state index contributed by atoms with van der Waals surface area (Å²) in [6.45, 7) is 4.44. The van der Waals surface area contributed by atoms with Crippen molar-refractivity contribution in [2.45, 2.75) is 20.4 Å². The number of pyridine rings is 1. The molecule has 0 radical (unpaired) electrons. The van der Waals surface area contributed by atoms with Gasteiger partial charge < -0.3 is 16.2 Å². The van der Waals surface area contributed by atoms with Crippen LogP contribution in [-0.4, -0.2) is 10.1 Å². The molecule has 0 saturated carbocycles. The van der Waals surface area contributed by atoms with Gasteiger partial charge in [0.2, 0.25) is 0 Å². The van der Waals surface area contributed by atoms with E-state index in [9.17, 15) is 5.11 Å². The minimum absolute atomic E-state index is 0.249. The predicted molar refractivity (Wildman–Crippen MR) is 73.6 cm³/mol. The van der Waals surface area contributed by atoms with Crippen molar-refractivity contribution >= 4 is 11.4 Å². The van der Waals surface area contributed by atoms with Crippen molar-refractivity contribution < 1.29 is 5.11 Å². The van der Waals surface area contributed by atoms with Crippen LogP contribution in [-0.2, 0) is 6.54 Å². The number of phenolic OH excluding ortho intramolecular Hbond substituents is 1. The summed E-state index contributed by atoms with van der Waals surface area (Å²) in [5, 5.41) is 13.0. The van der Waals surface area contributed by atoms with Crippen LogP contribution in [0.25, 0.3) is 0 Å². The Morgan fingerprint density at radius 3 is 2.50 bits per heavy atom. The first-order valence-electron chi connectivity index (χ1n) is 5.81. The number of aromatic nitrogens is 1. The number of nitrogens with zero attached hydrogens (tertiary/aromatic N) is 1. The number of aromatic hydroxyl groups is 1. The first-order valence-corrected chi connectivity index (χ1v) is 5.81. The first-order chi connectivity index (χ1) is 8.54. The number of hydrogen-bond acceptors (Lipinski definition) is 4. The second-order valence-electron chi connectivity index (χ2n) is 4.38. The summed E-state index contributed by atoms with van der Waals surface area (Å²) >= 11 is 0. The molecule has 0 amide bonds. The third kappa shape index (κ3) is 2.91. The number of rotatable bonds is 3. The van der Waals surface area contributed by atoms with Crippen molar-refractivity contribution in [1.29, 1.82) is 0 Å². The Labute approximate surface area is 106 Å². The van der Waals surface area contributed by atoms with E-state index >= 15 is 0 Å². The van der Waals surface area contributed by atoms with Crippen molar-refractivity contribution in [2.75, 3.05) is 11.1 Å². The molecule has 1 aromatic carbocycles. The number of nitrogen functional groups attached to an aromatic ring is 1. The Morgan fingerprint density at radius 2 is 1.83 bits per heavy atom. The van der Waals surface area contributed by atoms with Crippen molar-refractivity contribution in [3.8, 4) is 5.75 Å². The molecule has 2 rings (SSSR count). The number of nitrogens with one attached hydrogen (secondary N) is 1. The molecule has 94 valence electrons. The van der Waals surface area contributed by atoms with Crippen LogP contribution in [0.2, 0.25) is 0 Å². The highest BCUT2D eigenvalue weighted by atomic mass is 16.3. The normalized spacial score (nSPS) is 10.3. The molecule has 2 aromatic rings. The lowest BCUT2D eigenvalue weighted by atomic mass is 10.1. The zero-order chi connectivity index (χ0) is 13.1. The molecule has 18 heavy (non-hydrogen) atoms. The lowest BCUT2D eigenvalue weighted by Crippen LogP contribution is -2.02. The molecule has 1 aromatic heterocycles. The minimum atomic E-state index is 0.249. The van der Waals surface area contributed by atoms with Gasteiger partial charge in [-0.05, 0) is 44.2 Å². The number of aryl methyl sites for hydroxylation is 2. The third-order valence-corrected chi connectivity index (χ3v) is 2.67. The number of benzene rings is 1. The summed E-state index contributed by atoms with van der Waals surface area (Å²) in [5.74, 6) is 0.249. The van der Waals surface area contributed by atoms with E-state index in [0.29, 0.717) is 12.2 Å². The number of anilines is 2. The molecule has 0 aliphatic rings. The summed E-state index contributed by atoms with van der Waals surface area (Å²) in [7, 11) is 0. The van der Waals surface area contributed by atoms with Crippen molar-refractivity contribution in [3.05, 3.63) is 47.3 Å². The fourth-order valence-electron chi connectivity index (χ4n) is 1.88. The van der Waals surface area contributed by atoms with Crippen molar-refractivity contribution in [1.82, 2.24) is 4.98 Å². The molecule has 4 N–H and O–H groups in total. The van der Waals surface area contributed by atoms with E-state index in [-0.39, 0.29) is 5.75 Å². The summed E-state index contributed by atoms with van der Waals surface area (Å²) in [6, 6.07) is 8.99. The highest BCUT2D eigenvalue weighted by Crippen LogP contribution is 2.21. The number of nitrogens with two attached hydrogens (primary N) is 1. The molecular formula is C14H17N3O. The monoisotopic (exact) mass is 243 g/mol. The van der Waals surface area contributed by atoms with Crippen LogP contribution in [0.1, 0.15) is 17.0 Å². The van der Waals surface area contributed by atoms with Gasteiger partial charge in [0.05, 0.1) is 0 Å². The summed E-state index contributed by atoms with van der Waals surface area (Å²) in [6.07, 6.45) is 0. The summed E-state index contributed by atoms with van der Waals surface area (Å²) in [5.41, 5.74) is 10.0. The maximum Gasteiger partial charge on any atom is 0.120 e. The Morgan fingerprint density at radius 1 is 1.17 bits per heavy atom. The van der Waals surface area contributed by atoms with E-state index in [0.717, 1.165) is 22.6 Å². The van der Waals surface area contributed by atoms with Crippen LogP contribution in [0.3, 0.4) is 0 Å². The van der Waals surface area contributed by atoms with E-state index < -0.39 is 0 Å². The van der Waals surface area contributed by atoms with Crippen LogP contribution >= 0.6 is 0 Å². The molecule has 0 fully saturated rings. The Bertz CT molecular complexity index is 547. The fraction of sp³-hybridized carbons (Fsp3) is 0.214. The van der Waals surface area contributed by atoms with Gasteiger partial charge in [0, 0.05) is 34.9 Å². The van der Waals surface area contributed by atoms with Gasteiger partial charge in [-0.1, -0.05) is 0 Å². The number of hydrogen-bond donors (Lipinski definition) is 3. The highest BCUT2D eigenvalue weighted by Gasteiger charge is 2.02. The lowest BCUT2D eigenvalue weighted by molar-refractivity contribution is 0.469. The highest BCUT2D eigenvalue weighted by molar-refractivity contribution is 5.50. The molecule has 1 heterocycles. The van der Waals surface area contributed by atoms with Gasteiger partial charge in [-0.25, -0.2) is 0 Å². The Balaban J connectivity index is 2.13. The smallest absolute Gasteiger partial charge is 0.120 e. The van der Waals surface area contributed by atoms with Gasteiger partial charge in [0.15, 0.2) is 0 Å². The molecule has 4 nitrogen and oxygen atoms in total. The van der Waals surface area contributed by atoms with E-state index in [2.05, 4.69) is 10.3 Å². The zero-order valence-corrected chi connectivity index (χ0v) is 10.6. The maximum atomic E-state index is 9.71. The topological polar surface area (TPSA) is 71.2 Å². The molecule has 0 atom stereocenters. The fourth-order valence-corrected chi connectivity index (χ4v) is 1.88. The van der Waals surface area contributed by atoms with Crippen molar-refractivity contribution in [3.63, 3.8) is 0 Å². The van der Waals surface area contributed by atoms with Gasteiger partial charge in [-0.2, -0.15) is 0 Å². The quantitative estimate of drug-likeness (QED) is 0.572. The van der Waals surface area contributed by atoms with E-state index in [1.165, 1.54) is 0 Å². The minimum Gasteiger partial charge on any atom is -0.508 e. The second-order valence-corrected chi connectivity index (χ2v) is 4.38. The lowest BCUT2D eigenvalue weighted by Gasteiger charge is -2.10. The first kappa shape index (κ1) is 12.2. The Kier molecular flexibility index (Phi) is 3.37. The molecule has 0 spiro atoms. The van der Waals surface area contributed by atoms with Gasteiger partial charge >= 0.3 is 0 Å². The third-order valence-electron chi connectivity index (χ3n) is 2.67. The van der Waals surface area contributed by atoms with E-state index in [1.54, 1.807) is 18.2 Å². The van der Waals surface area contributed by atoms with Crippen molar-refractivity contribution in [2.24, 2.45) is 0 Å². The standard InChI is InChI=1S/C14H17N3O/c1-9-5-13(6-10(2)17-9)16-8-11-7-12(15)3-4-14(11)18/h3-7,18H,8,15H2,1-2H3,(H,16,17). The summed E-state index contributed by atoms with van der Waals surface area (Å²) in [4.78, 5) is 4.31. The average Bonchev–Trinajstić information content (AvgIpc) is 2.29. The van der Waals surface area contributed by atoms with Crippen LogP contribution in [0.15, 0.2) is 30.3 Å². The maximum absolute atomic E-state index is 9.71. The molecule has 0 unspecified atom stereocenters. The van der Waals surface area contributed by atoms with Crippen LogP contribution in [0.4, 0.5) is 11.4 Å². The van der Waals surface area contributed by atoms with Crippen LogP contribution in [0.5, 0.6) is 5.75 Å². The SMILES string of the molecule is Cc1cc(NCc2cc(N)ccc2O)cc(C)n1. The van der Waals surface area contributed by atoms with Crippen LogP contribution in [0, 0.1) is 13.8 Å². The van der Waals surface area contributed by atoms with Gasteiger partial charge in [0.1, 0.15) is 5.75 Å². The molecule has 0 aliphatic carbocycles. The predicted octanol–water partition coefficient (Wildman–Crippen LogP) is 2.60. The Hall–Kier alpha value is -2.23. The van der Waals surface area contributed by atoms with E-state index in [1.807, 2.05) is 26.0 Å². The zero-order valence-electron chi connectivity index (χ0n) is 10.6. The molecule has 0 bridgehead atoms. The van der Waals surface area contributed by atoms with E-state index in [4.69, 9.17) is 5.73 Å². The molecule has 0 saturated heterocycles.